The van der Waals surface area contributed by atoms with Gasteiger partial charge in [-0.05, 0) is 17.7 Å². The van der Waals surface area contributed by atoms with E-state index in [0.717, 1.165) is 17.8 Å². The first kappa shape index (κ1) is 10.4. The molecule has 0 aromatic carbocycles. The highest BCUT2D eigenvalue weighted by molar-refractivity contribution is 5.93. The number of H-pyrrole nitrogens is 1. The van der Waals surface area contributed by atoms with E-state index in [9.17, 15) is 9.18 Å². The standard InChI is InChI=1S/C11H10FN3O/c12-10-3-9(6-14-7-10)11(16)15-5-8-1-2-13-4-8/h1-4,6-7,13H,5H2,(H,15,16). The predicted octanol–water partition coefficient (Wildman–Crippen LogP) is 1.48. The highest BCUT2D eigenvalue weighted by Gasteiger charge is 2.06. The van der Waals surface area contributed by atoms with E-state index in [0.29, 0.717) is 6.54 Å². The maximum absolute atomic E-state index is 12.8. The number of rotatable bonds is 3. The third-order valence-corrected chi connectivity index (χ3v) is 2.08. The number of nitrogens with one attached hydrogen (secondary N) is 2. The van der Waals surface area contributed by atoms with Crippen LogP contribution in [0.5, 0.6) is 0 Å². The molecule has 0 spiro atoms. The minimum absolute atomic E-state index is 0.218. The lowest BCUT2D eigenvalue weighted by atomic mass is 10.2. The first-order valence-electron chi connectivity index (χ1n) is 4.76. The maximum Gasteiger partial charge on any atom is 0.253 e. The number of carbonyl (C=O) groups excluding carboxylic acids is 1. The van der Waals surface area contributed by atoms with Gasteiger partial charge >= 0.3 is 0 Å². The van der Waals surface area contributed by atoms with Gasteiger partial charge in [0, 0.05) is 25.1 Å². The van der Waals surface area contributed by atoms with Gasteiger partial charge in [-0.3, -0.25) is 9.78 Å². The molecule has 5 heteroatoms. The molecule has 0 fully saturated rings. The lowest BCUT2D eigenvalue weighted by Crippen LogP contribution is -2.22. The summed E-state index contributed by atoms with van der Waals surface area (Å²) in [6, 6.07) is 3.00. The van der Waals surface area contributed by atoms with E-state index < -0.39 is 5.82 Å². The zero-order valence-electron chi connectivity index (χ0n) is 8.40. The average Bonchev–Trinajstić information content (AvgIpc) is 2.78. The maximum atomic E-state index is 12.8. The molecule has 2 heterocycles. The molecular weight excluding hydrogens is 209 g/mol. The summed E-state index contributed by atoms with van der Waals surface area (Å²) >= 11 is 0. The molecule has 0 aliphatic rings. The van der Waals surface area contributed by atoms with Crippen LogP contribution in [0.3, 0.4) is 0 Å². The van der Waals surface area contributed by atoms with Crippen molar-refractivity contribution >= 4 is 5.91 Å². The van der Waals surface area contributed by atoms with Gasteiger partial charge in [-0.25, -0.2) is 4.39 Å². The largest absolute Gasteiger partial charge is 0.367 e. The normalized spacial score (nSPS) is 10.1. The minimum atomic E-state index is -0.519. The Labute approximate surface area is 91.5 Å². The van der Waals surface area contributed by atoms with Gasteiger partial charge in [0.25, 0.3) is 5.91 Å². The van der Waals surface area contributed by atoms with E-state index in [4.69, 9.17) is 0 Å². The summed E-state index contributed by atoms with van der Waals surface area (Å²) in [5.74, 6) is -0.859. The van der Waals surface area contributed by atoms with Crippen molar-refractivity contribution in [2.75, 3.05) is 0 Å². The van der Waals surface area contributed by atoms with Crippen molar-refractivity contribution in [3.05, 3.63) is 53.9 Å². The molecule has 0 unspecified atom stereocenters. The van der Waals surface area contributed by atoms with Crippen LogP contribution in [-0.2, 0) is 6.54 Å². The third-order valence-electron chi connectivity index (χ3n) is 2.08. The molecule has 0 aliphatic carbocycles. The molecule has 2 N–H and O–H groups in total. The highest BCUT2D eigenvalue weighted by atomic mass is 19.1. The average molecular weight is 219 g/mol. The number of pyridine rings is 1. The van der Waals surface area contributed by atoms with Gasteiger partial charge < -0.3 is 10.3 Å². The summed E-state index contributed by atoms with van der Waals surface area (Å²) < 4.78 is 12.8. The lowest BCUT2D eigenvalue weighted by Gasteiger charge is -2.03. The van der Waals surface area contributed by atoms with Crippen LogP contribution in [0.1, 0.15) is 15.9 Å². The van der Waals surface area contributed by atoms with Gasteiger partial charge in [-0.1, -0.05) is 0 Å². The highest BCUT2D eigenvalue weighted by Crippen LogP contribution is 2.02. The molecule has 16 heavy (non-hydrogen) atoms. The summed E-state index contributed by atoms with van der Waals surface area (Å²) in [5, 5.41) is 2.66. The Balaban J connectivity index is 1.98. The second kappa shape index (κ2) is 4.57. The van der Waals surface area contributed by atoms with Crippen LogP contribution >= 0.6 is 0 Å². The van der Waals surface area contributed by atoms with E-state index in [1.807, 2.05) is 6.07 Å². The number of nitrogens with zero attached hydrogens (tertiary/aromatic N) is 1. The van der Waals surface area contributed by atoms with Gasteiger partial charge in [0.15, 0.2) is 0 Å². The fraction of sp³-hybridized carbons (Fsp3) is 0.0909. The molecule has 82 valence electrons. The van der Waals surface area contributed by atoms with Crippen LogP contribution in [0.15, 0.2) is 36.9 Å². The number of aromatic amines is 1. The quantitative estimate of drug-likeness (QED) is 0.821. The van der Waals surface area contributed by atoms with Gasteiger partial charge in [0.1, 0.15) is 5.82 Å². The number of hydrogen-bond donors (Lipinski definition) is 2. The number of carbonyl (C=O) groups is 1. The van der Waals surface area contributed by atoms with Crippen molar-refractivity contribution in [3.8, 4) is 0 Å². The molecule has 0 saturated carbocycles. The molecule has 4 nitrogen and oxygen atoms in total. The fourth-order valence-corrected chi connectivity index (χ4v) is 1.29. The van der Waals surface area contributed by atoms with Crippen LogP contribution in [0, 0.1) is 5.82 Å². The summed E-state index contributed by atoms with van der Waals surface area (Å²) in [7, 11) is 0. The van der Waals surface area contributed by atoms with Crippen LogP contribution in [0.25, 0.3) is 0 Å². The van der Waals surface area contributed by atoms with E-state index in [1.165, 1.54) is 6.20 Å². The zero-order valence-corrected chi connectivity index (χ0v) is 8.40. The Morgan fingerprint density at radius 3 is 3.06 bits per heavy atom. The van der Waals surface area contributed by atoms with Crippen LogP contribution in [-0.4, -0.2) is 15.9 Å². The summed E-state index contributed by atoms with van der Waals surface area (Å²) in [5.41, 5.74) is 1.17. The summed E-state index contributed by atoms with van der Waals surface area (Å²) in [4.78, 5) is 18.1. The molecule has 0 aliphatic heterocycles. The molecule has 0 saturated heterocycles. The van der Waals surface area contributed by atoms with Crippen molar-refractivity contribution in [2.24, 2.45) is 0 Å². The molecule has 0 bridgehead atoms. The molecule has 2 aromatic heterocycles. The number of amides is 1. The number of hydrogen-bond acceptors (Lipinski definition) is 2. The van der Waals surface area contributed by atoms with E-state index in [1.54, 1.807) is 12.4 Å². The Hall–Kier alpha value is -2.17. The van der Waals surface area contributed by atoms with Gasteiger partial charge in [0.05, 0.1) is 11.8 Å². The van der Waals surface area contributed by atoms with E-state index >= 15 is 0 Å². The number of aromatic nitrogens is 2. The second-order valence-electron chi connectivity index (χ2n) is 3.29. The van der Waals surface area contributed by atoms with Crippen molar-refractivity contribution in [1.29, 1.82) is 0 Å². The van der Waals surface area contributed by atoms with E-state index in [-0.39, 0.29) is 11.5 Å². The number of halogens is 1. The van der Waals surface area contributed by atoms with Crippen molar-refractivity contribution in [1.82, 2.24) is 15.3 Å². The molecule has 0 atom stereocenters. The molecule has 1 amide bonds. The molecule has 2 aromatic rings. The molecule has 2 rings (SSSR count). The topological polar surface area (TPSA) is 57.8 Å². The van der Waals surface area contributed by atoms with Crippen molar-refractivity contribution in [2.45, 2.75) is 6.54 Å². The fourth-order valence-electron chi connectivity index (χ4n) is 1.29. The monoisotopic (exact) mass is 219 g/mol. The minimum Gasteiger partial charge on any atom is -0.367 e. The first-order chi connectivity index (χ1) is 7.75. The van der Waals surface area contributed by atoms with Crippen molar-refractivity contribution < 1.29 is 9.18 Å². The molecule has 0 radical (unpaired) electrons. The zero-order chi connectivity index (χ0) is 11.4. The SMILES string of the molecule is O=C(NCc1cc[nH]c1)c1cncc(F)c1. The van der Waals surface area contributed by atoms with Gasteiger partial charge in [0.2, 0.25) is 0 Å². The lowest BCUT2D eigenvalue weighted by molar-refractivity contribution is 0.0950. The Morgan fingerprint density at radius 2 is 2.38 bits per heavy atom. The Bertz CT molecular complexity index is 482. The Morgan fingerprint density at radius 1 is 1.50 bits per heavy atom. The second-order valence-corrected chi connectivity index (χ2v) is 3.29. The van der Waals surface area contributed by atoms with Crippen LogP contribution in [0.2, 0.25) is 0 Å². The van der Waals surface area contributed by atoms with E-state index in [2.05, 4.69) is 15.3 Å². The van der Waals surface area contributed by atoms with Gasteiger partial charge in [-0.15, -0.1) is 0 Å². The van der Waals surface area contributed by atoms with Crippen LogP contribution < -0.4 is 5.32 Å². The summed E-state index contributed by atoms with van der Waals surface area (Å²) in [6.45, 7) is 0.402. The Kier molecular flexibility index (Phi) is 2.95. The first-order valence-corrected chi connectivity index (χ1v) is 4.76. The van der Waals surface area contributed by atoms with Gasteiger partial charge in [-0.2, -0.15) is 0 Å². The van der Waals surface area contributed by atoms with Crippen LogP contribution in [0.4, 0.5) is 4.39 Å². The summed E-state index contributed by atoms with van der Waals surface area (Å²) in [6.07, 6.45) is 5.94. The third kappa shape index (κ3) is 2.44. The smallest absolute Gasteiger partial charge is 0.253 e. The van der Waals surface area contributed by atoms with Crippen molar-refractivity contribution in [3.63, 3.8) is 0 Å². The predicted molar refractivity (Wildman–Crippen MR) is 56.2 cm³/mol. The molecular formula is C11H10FN3O.